The number of nitrogens with zero attached hydrogens (tertiary/aromatic N) is 1. The van der Waals surface area contributed by atoms with Crippen LogP contribution in [0.25, 0.3) is 0 Å². The second kappa shape index (κ2) is 7.38. The first-order valence-electron chi connectivity index (χ1n) is 5.60. The van der Waals surface area contributed by atoms with E-state index < -0.39 is 0 Å². The molecule has 0 aliphatic heterocycles. The molecule has 1 aromatic rings. The Bertz CT molecular complexity index is 409. The van der Waals surface area contributed by atoms with E-state index in [1.165, 1.54) is 6.07 Å². The van der Waals surface area contributed by atoms with Crippen molar-refractivity contribution in [2.24, 2.45) is 5.73 Å². The molecule has 100 valence electrons. The lowest BCUT2D eigenvalue weighted by molar-refractivity contribution is 0.154. The Kier molecular flexibility index (Phi) is 6.14. The van der Waals surface area contributed by atoms with Gasteiger partial charge in [0.15, 0.2) is 0 Å². The van der Waals surface area contributed by atoms with Gasteiger partial charge in [0.05, 0.1) is 13.2 Å². The molecule has 0 aliphatic rings. The van der Waals surface area contributed by atoms with Gasteiger partial charge in [-0.15, -0.1) is 0 Å². The molecule has 6 heteroatoms. The lowest BCUT2D eigenvalue weighted by Crippen LogP contribution is -2.29. The third-order valence-electron chi connectivity index (χ3n) is 2.56. The predicted octanol–water partition coefficient (Wildman–Crippen LogP) is 0.246. The number of hydrogen-bond acceptors (Lipinski definition) is 4. The molecule has 0 radical (unpaired) electrons. The Labute approximate surface area is 111 Å². The monoisotopic (exact) mass is 272 g/mol. The standard InChI is InChI=1S/C12H17FN2O2S/c13-11-7-9(12(14)18)1-2-10(11)8-15(3-5-16)4-6-17/h1-2,7,16-17H,3-6,8H2,(H2,14,18). The summed E-state index contributed by atoms with van der Waals surface area (Å²) >= 11 is 4.77. The highest BCUT2D eigenvalue weighted by Gasteiger charge is 2.10. The molecule has 0 atom stereocenters. The minimum Gasteiger partial charge on any atom is -0.395 e. The Morgan fingerprint density at radius 2 is 1.89 bits per heavy atom. The summed E-state index contributed by atoms with van der Waals surface area (Å²) in [4.78, 5) is 1.92. The summed E-state index contributed by atoms with van der Waals surface area (Å²) in [5.74, 6) is -0.388. The number of aliphatic hydroxyl groups is 2. The van der Waals surface area contributed by atoms with Crippen LogP contribution in [0.2, 0.25) is 0 Å². The quantitative estimate of drug-likeness (QED) is 0.621. The van der Waals surface area contributed by atoms with E-state index in [0.717, 1.165) is 0 Å². The van der Waals surface area contributed by atoms with E-state index in [1.54, 1.807) is 17.0 Å². The van der Waals surface area contributed by atoms with Crippen molar-refractivity contribution in [3.8, 4) is 0 Å². The molecule has 4 N–H and O–H groups in total. The summed E-state index contributed by atoms with van der Waals surface area (Å²) in [7, 11) is 0. The van der Waals surface area contributed by atoms with Crippen LogP contribution in [0.15, 0.2) is 18.2 Å². The SMILES string of the molecule is NC(=S)c1ccc(CN(CCO)CCO)c(F)c1. The van der Waals surface area contributed by atoms with Gasteiger partial charge in [0.2, 0.25) is 0 Å². The van der Waals surface area contributed by atoms with Crippen LogP contribution in [0, 0.1) is 5.82 Å². The van der Waals surface area contributed by atoms with Gasteiger partial charge in [-0.05, 0) is 6.07 Å². The maximum Gasteiger partial charge on any atom is 0.128 e. The van der Waals surface area contributed by atoms with Gasteiger partial charge in [-0.1, -0.05) is 24.4 Å². The molecule has 0 unspecified atom stereocenters. The highest BCUT2D eigenvalue weighted by Crippen LogP contribution is 2.13. The highest BCUT2D eigenvalue weighted by molar-refractivity contribution is 7.80. The maximum absolute atomic E-state index is 13.8. The number of rotatable bonds is 7. The van der Waals surface area contributed by atoms with Crippen LogP contribution in [0.5, 0.6) is 0 Å². The maximum atomic E-state index is 13.8. The zero-order valence-corrected chi connectivity index (χ0v) is 10.8. The van der Waals surface area contributed by atoms with Gasteiger partial charge in [0.25, 0.3) is 0 Å². The average molecular weight is 272 g/mol. The zero-order valence-electron chi connectivity index (χ0n) is 9.97. The van der Waals surface area contributed by atoms with Crippen LogP contribution in [0.1, 0.15) is 11.1 Å². The van der Waals surface area contributed by atoms with Crippen molar-refractivity contribution in [3.63, 3.8) is 0 Å². The second-order valence-electron chi connectivity index (χ2n) is 3.89. The summed E-state index contributed by atoms with van der Waals surface area (Å²) < 4.78 is 13.8. The highest BCUT2D eigenvalue weighted by atomic mass is 32.1. The van der Waals surface area contributed by atoms with E-state index >= 15 is 0 Å². The van der Waals surface area contributed by atoms with E-state index in [4.69, 9.17) is 28.2 Å². The molecule has 1 aromatic carbocycles. The van der Waals surface area contributed by atoms with Gasteiger partial charge in [0, 0.05) is 30.8 Å². The normalized spacial score (nSPS) is 10.9. The third-order valence-corrected chi connectivity index (χ3v) is 2.80. The number of hydrogen-bond donors (Lipinski definition) is 3. The first-order chi connectivity index (χ1) is 8.58. The molecule has 0 amide bonds. The first-order valence-corrected chi connectivity index (χ1v) is 6.01. The second-order valence-corrected chi connectivity index (χ2v) is 4.33. The summed E-state index contributed by atoms with van der Waals surface area (Å²) in [6.07, 6.45) is 0. The summed E-state index contributed by atoms with van der Waals surface area (Å²) in [5.41, 5.74) is 6.39. The van der Waals surface area contributed by atoms with Gasteiger partial charge in [-0.25, -0.2) is 4.39 Å². The zero-order chi connectivity index (χ0) is 13.5. The molecule has 0 fully saturated rings. The molecular weight excluding hydrogens is 255 g/mol. The number of aliphatic hydroxyl groups excluding tert-OH is 2. The van der Waals surface area contributed by atoms with Crippen LogP contribution in [0.4, 0.5) is 4.39 Å². The van der Waals surface area contributed by atoms with E-state index in [0.29, 0.717) is 30.8 Å². The lowest BCUT2D eigenvalue weighted by atomic mass is 10.1. The Hall–Kier alpha value is -1.08. The molecule has 0 bridgehead atoms. The number of halogens is 1. The van der Waals surface area contributed by atoms with Gasteiger partial charge < -0.3 is 15.9 Å². The van der Waals surface area contributed by atoms with Gasteiger partial charge in [0.1, 0.15) is 10.8 Å². The smallest absolute Gasteiger partial charge is 0.128 e. The lowest BCUT2D eigenvalue weighted by Gasteiger charge is -2.20. The molecular formula is C12H17FN2O2S. The molecule has 0 saturated heterocycles. The van der Waals surface area contributed by atoms with E-state index in [-0.39, 0.29) is 24.0 Å². The van der Waals surface area contributed by atoms with Crippen molar-refractivity contribution in [1.82, 2.24) is 4.90 Å². The fraction of sp³-hybridized carbons (Fsp3) is 0.417. The van der Waals surface area contributed by atoms with Crippen LogP contribution >= 0.6 is 12.2 Å². The minimum absolute atomic E-state index is 0.0351. The Morgan fingerprint density at radius 1 is 1.28 bits per heavy atom. The molecule has 18 heavy (non-hydrogen) atoms. The average Bonchev–Trinajstić information content (AvgIpc) is 2.32. The van der Waals surface area contributed by atoms with Crippen molar-refractivity contribution in [2.45, 2.75) is 6.54 Å². The van der Waals surface area contributed by atoms with Gasteiger partial charge >= 0.3 is 0 Å². The van der Waals surface area contributed by atoms with Crippen molar-refractivity contribution in [3.05, 3.63) is 35.1 Å². The van der Waals surface area contributed by atoms with Crippen molar-refractivity contribution in [1.29, 1.82) is 0 Å². The van der Waals surface area contributed by atoms with E-state index in [9.17, 15) is 4.39 Å². The molecule has 0 saturated carbocycles. The molecule has 0 heterocycles. The Morgan fingerprint density at radius 3 is 2.33 bits per heavy atom. The van der Waals surface area contributed by atoms with Crippen LogP contribution in [-0.4, -0.2) is 46.4 Å². The molecule has 1 rings (SSSR count). The minimum atomic E-state index is -0.388. The number of nitrogens with two attached hydrogens (primary N) is 1. The van der Waals surface area contributed by atoms with Gasteiger partial charge in [-0.3, -0.25) is 4.90 Å². The Balaban J connectivity index is 2.79. The van der Waals surface area contributed by atoms with Crippen LogP contribution in [0.3, 0.4) is 0 Å². The summed E-state index contributed by atoms with van der Waals surface area (Å²) in [5, 5.41) is 17.8. The number of thiocarbonyl (C=S) groups is 1. The summed E-state index contributed by atoms with van der Waals surface area (Å²) in [6.45, 7) is 1.03. The van der Waals surface area contributed by atoms with Crippen LogP contribution < -0.4 is 5.73 Å². The predicted molar refractivity (Wildman–Crippen MR) is 71.7 cm³/mol. The molecule has 0 spiro atoms. The van der Waals surface area contributed by atoms with Crippen molar-refractivity contribution in [2.75, 3.05) is 26.3 Å². The largest absolute Gasteiger partial charge is 0.395 e. The van der Waals surface area contributed by atoms with Gasteiger partial charge in [-0.2, -0.15) is 0 Å². The summed E-state index contributed by atoms with van der Waals surface area (Å²) in [6, 6.07) is 4.58. The van der Waals surface area contributed by atoms with E-state index in [2.05, 4.69) is 0 Å². The topological polar surface area (TPSA) is 69.7 Å². The van der Waals surface area contributed by atoms with Crippen molar-refractivity contribution >= 4 is 17.2 Å². The van der Waals surface area contributed by atoms with Crippen molar-refractivity contribution < 1.29 is 14.6 Å². The fourth-order valence-corrected chi connectivity index (χ4v) is 1.75. The van der Waals surface area contributed by atoms with Crippen LogP contribution in [-0.2, 0) is 6.54 Å². The molecule has 0 aliphatic carbocycles. The molecule has 0 aromatic heterocycles. The third kappa shape index (κ3) is 4.30. The van der Waals surface area contributed by atoms with E-state index in [1.807, 2.05) is 0 Å². The first kappa shape index (κ1) is 15.0. The molecule has 4 nitrogen and oxygen atoms in total. The number of benzene rings is 1. The fourth-order valence-electron chi connectivity index (χ4n) is 1.62.